The van der Waals surface area contributed by atoms with Gasteiger partial charge >= 0.3 is 6.16 Å². The highest BCUT2D eigenvalue weighted by Crippen LogP contribution is 2.13. The van der Waals surface area contributed by atoms with E-state index in [1.165, 1.54) is 0 Å². The number of carbonyl (C=O) groups is 1. The van der Waals surface area contributed by atoms with Gasteiger partial charge in [-0.1, -0.05) is 0 Å². The van der Waals surface area contributed by atoms with E-state index in [0.29, 0.717) is 0 Å². The van der Waals surface area contributed by atoms with Gasteiger partial charge in [0.05, 0.1) is 19.6 Å². The zero-order chi connectivity index (χ0) is 11.2. The Labute approximate surface area is 91.5 Å². The van der Waals surface area contributed by atoms with Crippen LogP contribution < -0.4 is 0 Å². The number of likely N-dealkylation sites (N-methyl/N-ethyl adjacent to an activating group) is 1. The largest absolute Gasteiger partial charge is 0.870 e. The molecular weight excluding hydrogens is 198 g/mol. The van der Waals surface area contributed by atoms with Crippen LogP contribution in [-0.4, -0.2) is 53.5 Å². The Hall–Kier alpha value is -0.810. The lowest BCUT2D eigenvalue weighted by atomic mass is 10.2. The SMILES string of the molecule is CC[N+](CC)(CC)C(C)COC(=O)O.[OH-]. The van der Waals surface area contributed by atoms with Crippen molar-refractivity contribution in [3.63, 3.8) is 0 Å². The summed E-state index contributed by atoms with van der Waals surface area (Å²) in [7, 11) is 0. The van der Waals surface area contributed by atoms with Crippen molar-refractivity contribution in [2.45, 2.75) is 33.7 Å². The molecule has 0 bridgehead atoms. The molecule has 0 aromatic carbocycles. The molecule has 0 fully saturated rings. The van der Waals surface area contributed by atoms with Gasteiger partial charge in [0.2, 0.25) is 0 Å². The number of nitrogens with zero attached hydrogens (tertiary/aromatic N) is 1. The predicted molar refractivity (Wildman–Crippen MR) is 57.3 cm³/mol. The molecule has 0 spiro atoms. The van der Waals surface area contributed by atoms with Crippen molar-refractivity contribution < 1.29 is 24.6 Å². The van der Waals surface area contributed by atoms with Crippen molar-refractivity contribution in [1.82, 2.24) is 0 Å². The maximum absolute atomic E-state index is 10.3. The molecule has 2 N–H and O–H groups in total. The zero-order valence-corrected chi connectivity index (χ0v) is 10.1. The van der Waals surface area contributed by atoms with E-state index in [0.717, 1.165) is 24.1 Å². The topological polar surface area (TPSA) is 76.5 Å². The Morgan fingerprint density at radius 3 is 1.93 bits per heavy atom. The molecule has 5 heteroatoms. The highest BCUT2D eigenvalue weighted by molar-refractivity contribution is 5.56. The third-order valence-corrected chi connectivity index (χ3v) is 3.27. The highest BCUT2D eigenvalue weighted by Gasteiger charge is 2.29. The van der Waals surface area contributed by atoms with Gasteiger partial charge < -0.3 is 19.8 Å². The van der Waals surface area contributed by atoms with Gasteiger partial charge in [-0.05, 0) is 27.7 Å². The highest BCUT2D eigenvalue weighted by atomic mass is 16.7. The van der Waals surface area contributed by atoms with Gasteiger partial charge in [0.15, 0.2) is 0 Å². The van der Waals surface area contributed by atoms with E-state index >= 15 is 0 Å². The Balaban J connectivity index is 0. The average Bonchev–Trinajstić information content (AvgIpc) is 2.18. The summed E-state index contributed by atoms with van der Waals surface area (Å²) in [6.07, 6.45) is -1.18. The number of rotatable bonds is 6. The Morgan fingerprint density at radius 1 is 1.27 bits per heavy atom. The minimum Gasteiger partial charge on any atom is -0.870 e. The number of quaternary nitrogens is 1. The molecule has 0 aliphatic carbocycles. The molecule has 15 heavy (non-hydrogen) atoms. The van der Waals surface area contributed by atoms with Crippen LogP contribution in [0.15, 0.2) is 0 Å². The summed E-state index contributed by atoms with van der Waals surface area (Å²) in [5.74, 6) is 0. The molecule has 0 aromatic heterocycles. The summed E-state index contributed by atoms with van der Waals surface area (Å²) >= 11 is 0. The molecule has 0 amide bonds. The van der Waals surface area contributed by atoms with Crippen molar-refractivity contribution in [2.24, 2.45) is 0 Å². The molecule has 0 saturated heterocycles. The lowest BCUT2D eigenvalue weighted by Crippen LogP contribution is -2.55. The molecule has 1 atom stereocenters. The minimum atomic E-state index is -1.18. The van der Waals surface area contributed by atoms with Crippen LogP contribution in [-0.2, 0) is 4.74 Å². The Bertz CT molecular complexity index is 172. The second kappa shape index (κ2) is 7.48. The fourth-order valence-electron chi connectivity index (χ4n) is 1.96. The van der Waals surface area contributed by atoms with Crippen LogP contribution in [0.25, 0.3) is 0 Å². The lowest BCUT2D eigenvalue weighted by Gasteiger charge is -2.40. The molecular formula is C10H23NO4. The molecule has 1 unspecified atom stereocenters. The molecule has 0 aromatic rings. The van der Waals surface area contributed by atoms with E-state index < -0.39 is 6.16 Å². The van der Waals surface area contributed by atoms with E-state index in [4.69, 9.17) is 5.11 Å². The monoisotopic (exact) mass is 221 g/mol. The summed E-state index contributed by atoms with van der Waals surface area (Å²) in [4.78, 5) is 10.3. The van der Waals surface area contributed by atoms with E-state index in [1.54, 1.807) is 0 Å². The van der Waals surface area contributed by atoms with Crippen molar-refractivity contribution >= 4 is 6.16 Å². The van der Waals surface area contributed by atoms with Crippen LogP contribution in [0.1, 0.15) is 27.7 Å². The first-order valence-corrected chi connectivity index (χ1v) is 5.23. The maximum Gasteiger partial charge on any atom is 0.505 e. The van der Waals surface area contributed by atoms with E-state index in [-0.39, 0.29) is 18.1 Å². The van der Waals surface area contributed by atoms with E-state index in [1.807, 2.05) is 6.92 Å². The maximum atomic E-state index is 10.3. The second-order valence-electron chi connectivity index (χ2n) is 3.59. The zero-order valence-electron chi connectivity index (χ0n) is 10.1. The first-order chi connectivity index (χ1) is 6.52. The fourth-order valence-corrected chi connectivity index (χ4v) is 1.96. The Morgan fingerprint density at radius 2 is 1.67 bits per heavy atom. The van der Waals surface area contributed by atoms with Crippen LogP contribution in [0.4, 0.5) is 4.79 Å². The number of hydrogen-bond acceptors (Lipinski definition) is 3. The summed E-state index contributed by atoms with van der Waals surface area (Å²) < 4.78 is 5.53. The van der Waals surface area contributed by atoms with Gasteiger partial charge in [0.1, 0.15) is 12.6 Å². The average molecular weight is 221 g/mol. The van der Waals surface area contributed by atoms with E-state index in [2.05, 4.69) is 25.5 Å². The van der Waals surface area contributed by atoms with Crippen molar-refractivity contribution in [3.8, 4) is 0 Å². The second-order valence-corrected chi connectivity index (χ2v) is 3.59. The van der Waals surface area contributed by atoms with Crippen LogP contribution in [0.5, 0.6) is 0 Å². The molecule has 0 aliphatic heterocycles. The molecule has 5 nitrogen and oxygen atoms in total. The van der Waals surface area contributed by atoms with Crippen molar-refractivity contribution in [3.05, 3.63) is 0 Å². The Kier molecular flexibility index (Phi) is 8.28. The first-order valence-electron chi connectivity index (χ1n) is 5.23. The third-order valence-electron chi connectivity index (χ3n) is 3.27. The fraction of sp³-hybridized carbons (Fsp3) is 0.900. The number of carboxylic acid groups (broad SMARTS) is 1. The first kappa shape index (κ1) is 16.6. The summed E-state index contributed by atoms with van der Waals surface area (Å²) in [5.41, 5.74) is 0. The van der Waals surface area contributed by atoms with Gasteiger partial charge in [-0.25, -0.2) is 4.79 Å². The summed E-state index contributed by atoms with van der Waals surface area (Å²) in [6.45, 7) is 11.7. The van der Waals surface area contributed by atoms with Gasteiger partial charge in [-0.15, -0.1) is 0 Å². The van der Waals surface area contributed by atoms with Gasteiger partial charge in [-0.3, -0.25) is 0 Å². The molecule has 0 aliphatic rings. The third kappa shape index (κ3) is 4.48. The van der Waals surface area contributed by atoms with Gasteiger partial charge in [-0.2, -0.15) is 0 Å². The summed E-state index contributed by atoms with van der Waals surface area (Å²) in [5, 5.41) is 8.42. The van der Waals surface area contributed by atoms with Crippen LogP contribution in [0.3, 0.4) is 0 Å². The standard InChI is InChI=1S/C10H21NO3.H2O/c1-5-11(6-2,7-3)9(4)8-14-10(12)13;/h9H,5-8H2,1-4H3;1H2. The molecule has 0 heterocycles. The molecule has 92 valence electrons. The number of ether oxygens (including phenoxy) is 1. The van der Waals surface area contributed by atoms with Gasteiger partial charge in [0, 0.05) is 0 Å². The van der Waals surface area contributed by atoms with Crippen LogP contribution in [0.2, 0.25) is 0 Å². The number of hydrogen-bond donors (Lipinski definition) is 1. The van der Waals surface area contributed by atoms with Gasteiger partial charge in [0.25, 0.3) is 0 Å². The molecule has 0 radical (unpaired) electrons. The van der Waals surface area contributed by atoms with E-state index in [9.17, 15) is 4.79 Å². The van der Waals surface area contributed by atoms with Crippen LogP contribution in [0, 0.1) is 0 Å². The van der Waals surface area contributed by atoms with Crippen molar-refractivity contribution in [2.75, 3.05) is 26.2 Å². The minimum absolute atomic E-state index is 0. The molecule has 0 rings (SSSR count). The normalized spacial score (nSPS) is 12.8. The molecule has 0 saturated carbocycles. The quantitative estimate of drug-likeness (QED) is 0.547. The summed E-state index contributed by atoms with van der Waals surface area (Å²) in [6, 6.07) is 0.228. The predicted octanol–water partition coefficient (Wildman–Crippen LogP) is 1.77. The van der Waals surface area contributed by atoms with Crippen molar-refractivity contribution in [1.29, 1.82) is 0 Å². The lowest BCUT2D eigenvalue weighted by molar-refractivity contribution is -0.945. The smallest absolute Gasteiger partial charge is 0.505 e. The van der Waals surface area contributed by atoms with Crippen LogP contribution >= 0.6 is 0 Å².